The maximum Gasteiger partial charge on any atom is 0.270 e. The number of halogens is 1. The molecular weight excluding hydrogens is 277 g/mol. The Morgan fingerprint density at radius 3 is 2.95 bits per heavy atom. The van der Waals surface area contributed by atoms with E-state index in [4.69, 9.17) is 4.84 Å². The zero-order valence-corrected chi connectivity index (χ0v) is 11.6. The van der Waals surface area contributed by atoms with Crippen molar-refractivity contribution in [1.29, 1.82) is 0 Å². The van der Waals surface area contributed by atoms with Gasteiger partial charge in [0.2, 0.25) is 0 Å². The molecule has 112 valence electrons. The molecule has 6 nitrogen and oxygen atoms in total. The van der Waals surface area contributed by atoms with Crippen molar-refractivity contribution in [2.45, 2.75) is 18.9 Å². The van der Waals surface area contributed by atoms with Gasteiger partial charge in [0.05, 0.1) is 0 Å². The number of nitrogens with one attached hydrogen (secondary N) is 1. The number of rotatable bonds is 6. The predicted octanol–water partition coefficient (Wildman–Crippen LogP) is 1.39. The van der Waals surface area contributed by atoms with Crippen molar-refractivity contribution in [3.63, 3.8) is 0 Å². The lowest BCUT2D eigenvalue weighted by molar-refractivity contribution is -0.135. The van der Waals surface area contributed by atoms with Gasteiger partial charge in [0.25, 0.3) is 11.8 Å². The number of carbonyl (C=O) groups is 2. The average molecular weight is 293 g/mol. The second-order valence-corrected chi connectivity index (χ2v) is 4.74. The maximum atomic E-state index is 12.9. The highest BCUT2D eigenvalue weighted by Crippen LogP contribution is 2.25. The lowest BCUT2D eigenvalue weighted by Crippen LogP contribution is -2.31. The fraction of sp³-hybridized carbons (Fsp3) is 0.357. The van der Waals surface area contributed by atoms with Gasteiger partial charge in [-0.15, -0.1) is 0 Å². The van der Waals surface area contributed by atoms with Crippen LogP contribution in [-0.2, 0) is 14.4 Å². The van der Waals surface area contributed by atoms with Crippen LogP contribution >= 0.6 is 0 Å². The summed E-state index contributed by atoms with van der Waals surface area (Å²) in [7, 11) is 1.71. The van der Waals surface area contributed by atoms with Crippen LogP contribution in [0.5, 0.6) is 0 Å². The number of hydrogen-bond acceptors (Lipinski definition) is 4. The van der Waals surface area contributed by atoms with Gasteiger partial charge >= 0.3 is 0 Å². The third kappa shape index (κ3) is 4.87. The standard InChI is InChI=1S/C14H16FN3O3/c1-18(12-5-6-12)14(20)9-21-16-8-13(19)17-11-4-2-3-10(15)7-11/h2-4,7-8,12H,5-6,9H2,1H3,(H,17,19). The highest BCUT2D eigenvalue weighted by atomic mass is 19.1. The van der Waals surface area contributed by atoms with Gasteiger partial charge in [-0.3, -0.25) is 9.59 Å². The third-order valence-corrected chi connectivity index (χ3v) is 3.01. The van der Waals surface area contributed by atoms with E-state index in [1.807, 2.05) is 0 Å². The smallest absolute Gasteiger partial charge is 0.270 e. The number of hydrogen-bond donors (Lipinski definition) is 1. The van der Waals surface area contributed by atoms with Crippen LogP contribution in [0.1, 0.15) is 12.8 Å². The summed E-state index contributed by atoms with van der Waals surface area (Å²) >= 11 is 0. The quantitative estimate of drug-likeness (QED) is 0.636. The molecule has 1 aromatic rings. The number of amides is 2. The highest BCUT2D eigenvalue weighted by Gasteiger charge is 2.29. The average Bonchev–Trinajstić information content (AvgIpc) is 3.27. The molecule has 1 fully saturated rings. The highest BCUT2D eigenvalue weighted by molar-refractivity contribution is 6.31. The summed E-state index contributed by atoms with van der Waals surface area (Å²) in [5.74, 6) is -1.20. The summed E-state index contributed by atoms with van der Waals surface area (Å²) in [6.07, 6.45) is 2.93. The number of nitrogens with zero attached hydrogens (tertiary/aromatic N) is 2. The Morgan fingerprint density at radius 1 is 1.52 bits per heavy atom. The van der Waals surface area contributed by atoms with Gasteiger partial charge < -0.3 is 15.1 Å². The van der Waals surface area contributed by atoms with Crippen LogP contribution in [-0.4, -0.2) is 42.6 Å². The molecule has 0 bridgehead atoms. The van der Waals surface area contributed by atoms with E-state index in [9.17, 15) is 14.0 Å². The summed E-state index contributed by atoms with van der Waals surface area (Å²) < 4.78 is 12.9. The largest absolute Gasteiger partial charge is 0.386 e. The van der Waals surface area contributed by atoms with Gasteiger partial charge in [-0.25, -0.2) is 4.39 Å². The second-order valence-electron chi connectivity index (χ2n) is 4.74. The summed E-state index contributed by atoms with van der Waals surface area (Å²) in [5, 5.41) is 5.83. The van der Waals surface area contributed by atoms with E-state index in [1.165, 1.54) is 18.2 Å². The van der Waals surface area contributed by atoms with Gasteiger partial charge in [-0.2, -0.15) is 0 Å². The van der Waals surface area contributed by atoms with E-state index in [1.54, 1.807) is 18.0 Å². The van der Waals surface area contributed by atoms with Crippen molar-refractivity contribution < 1.29 is 18.8 Å². The Bertz CT molecular complexity index is 558. The molecule has 0 spiro atoms. The molecule has 1 saturated carbocycles. The number of benzene rings is 1. The minimum atomic E-state index is -0.566. The molecule has 0 radical (unpaired) electrons. The van der Waals surface area contributed by atoms with Gasteiger partial charge in [0.15, 0.2) is 6.61 Å². The first kappa shape index (κ1) is 15.0. The molecule has 1 aliphatic rings. The Labute approximate surface area is 121 Å². The predicted molar refractivity (Wildman–Crippen MR) is 75.3 cm³/mol. The van der Waals surface area contributed by atoms with Crippen LogP contribution in [0.4, 0.5) is 10.1 Å². The van der Waals surface area contributed by atoms with Crippen LogP contribution in [0.25, 0.3) is 0 Å². The molecule has 7 heteroatoms. The Kier molecular flexibility index (Phi) is 4.86. The number of carbonyl (C=O) groups excluding carboxylic acids is 2. The minimum Gasteiger partial charge on any atom is -0.386 e. The maximum absolute atomic E-state index is 12.9. The van der Waals surface area contributed by atoms with Crippen molar-refractivity contribution >= 4 is 23.7 Å². The monoisotopic (exact) mass is 293 g/mol. The fourth-order valence-corrected chi connectivity index (χ4v) is 1.69. The molecule has 0 aliphatic heterocycles. The van der Waals surface area contributed by atoms with E-state index < -0.39 is 11.7 Å². The van der Waals surface area contributed by atoms with Crippen LogP contribution < -0.4 is 5.32 Å². The molecule has 1 aromatic carbocycles. The molecule has 0 atom stereocenters. The summed E-state index contributed by atoms with van der Waals surface area (Å²) in [5.41, 5.74) is 0.316. The van der Waals surface area contributed by atoms with E-state index in [-0.39, 0.29) is 12.5 Å². The summed E-state index contributed by atoms with van der Waals surface area (Å²) in [6, 6.07) is 5.78. The van der Waals surface area contributed by atoms with Crippen LogP contribution in [0.3, 0.4) is 0 Å². The van der Waals surface area contributed by atoms with Crippen molar-refractivity contribution in [1.82, 2.24) is 4.90 Å². The molecule has 1 aliphatic carbocycles. The molecular formula is C14H16FN3O3. The van der Waals surface area contributed by atoms with Crippen LogP contribution in [0, 0.1) is 5.82 Å². The first-order valence-electron chi connectivity index (χ1n) is 6.54. The topological polar surface area (TPSA) is 71.0 Å². The molecule has 1 N–H and O–H groups in total. The van der Waals surface area contributed by atoms with Gasteiger partial charge in [-0.1, -0.05) is 11.2 Å². The van der Waals surface area contributed by atoms with Crippen molar-refractivity contribution in [2.75, 3.05) is 19.0 Å². The molecule has 2 rings (SSSR count). The van der Waals surface area contributed by atoms with Crippen molar-refractivity contribution in [3.8, 4) is 0 Å². The zero-order valence-electron chi connectivity index (χ0n) is 11.6. The Hall–Kier alpha value is -2.44. The molecule has 0 aromatic heterocycles. The summed E-state index contributed by atoms with van der Waals surface area (Å²) in [6.45, 7) is -0.212. The van der Waals surface area contributed by atoms with E-state index in [0.717, 1.165) is 19.1 Å². The first-order valence-corrected chi connectivity index (χ1v) is 6.54. The Morgan fingerprint density at radius 2 is 2.29 bits per heavy atom. The molecule has 21 heavy (non-hydrogen) atoms. The fourth-order valence-electron chi connectivity index (χ4n) is 1.69. The van der Waals surface area contributed by atoms with E-state index in [2.05, 4.69) is 10.5 Å². The van der Waals surface area contributed by atoms with Crippen LogP contribution in [0.15, 0.2) is 29.4 Å². The normalized spacial score (nSPS) is 14.0. The van der Waals surface area contributed by atoms with Crippen molar-refractivity contribution in [3.05, 3.63) is 30.1 Å². The Balaban J connectivity index is 1.71. The molecule has 0 saturated heterocycles. The van der Waals surface area contributed by atoms with Crippen LogP contribution in [0.2, 0.25) is 0 Å². The van der Waals surface area contributed by atoms with Crippen molar-refractivity contribution in [2.24, 2.45) is 5.16 Å². The SMILES string of the molecule is CN(C(=O)CON=CC(=O)Nc1cccc(F)c1)C1CC1. The minimum absolute atomic E-state index is 0.180. The van der Waals surface area contributed by atoms with Gasteiger partial charge in [0, 0.05) is 18.8 Å². The zero-order chi connectivity index (χ0) is 15.2. The number of oxime groups is 1. The second kappa shape index (κ2) is 6.83. The summed E-state index contributed by atoms with van der Waals surface area (Å²) in [4.78, 5) is 29.4. The lowest BCUT2D eigenvalue weighted by Gasteiger charge is -2.14. The molecule has 0 unspecified atom stereocenters. The van der Waals surface area contributed by atoms with Gasteiger partial charge in [0.1, 0.15) is 12.0 Å². The molecule has 0 heterocycles. The number of anilines is 1. The van der Waals surface area contributed by atoms with E-state index in [0.29, 0.717) is 11.7 Å². The molecule has 2 amide bonds. The first-order chi connectivity index (χ1) is 10.1. The van der Waals surface area contributed by atoms with Gasteiger partial charge in [-0.05, 0) is 31.0 Å². The lowest BCUT2D eigenvalue weighted by atomic mass is 10.3. The number of likely N-dealkylation sites (N-methyl/N-ethyl adjacent to an activating group) is 1. The van der Waals surface area contributed by atoms with E-state index >= 15 is 0 Å². The third-order valence-electron chi connectivity index (χ3n) is 3.01.